The summed E-state index contributed by atoms with van der Waals surface area (Å²) in [6, 6.07) is 0.0595. The van der Waals surface area contributed by atoms with Crippen molar-refractivity contribution in [2.75, 3.05) is 7.05 Å². The molecule has 1 rings (SSSR count). The lowest BCUT2D eigenvalue weighted by atomic mass is 9.95. The zero-order valence-electron chi connectivity index (χ0n) is 10.0. The highest BCUT2D eigenvalue weighted by Crippen LogP contribution is 2.20. The Bertz CT molecular complexity index is 196. The van der Waals surface area contributed by atoms with Crippen molar-refractivity contribution in [1.29, 1.82) is 0 Å². The van der Waals surface area contributed by atoms with Crippen molar-refractivity contribution >= 4 is 5.91 Å². The minimum absolute atomic E-state index is 0.0839. The molecule has 0 bridgehead atoms. The molecule has 0 heterocycles. The van der Waals surface area contributed by atoms with Crippen LogP contribution in [0.25, 0.3) is 0 Å². The van der Waals surface area contributed by atoms with E-state index in [9.17, 15) is 4.79 Å². The van der Waals surface area contributed by atoms with Crippen LogP contribution in [-0.4, -0.2) is 29.9 Å². The third kappa shape index (κ3) is 3.82. The molecule has 1 aliphatic carbocycles. The first-order valence-electron chi connectivity index (χ1n) is 6.15. The van der Waals surface area contributed by atoms with Gasteiger partial charge < -0.3 is 10.6 Å². The van der Waals surface area contributed by atoms with E-state index in [-0.39, 0.29) is 11.9 Å². The minimum Gasteiger partial charge on any atom is -0.341 e. The predicted molar refractivity (Wildman–Crippen MR) is 62.5 cm³/mol. The van der Waals surface area contributed by atoms with Gasteiger partial charge in [-0.05, 0) is 19.8 Å². The van der Waals surface area contributed by atoms with Crippen molar-refractivity contribution in [2.45, 2.75) is 64.0 Å². The molecule has 15 heavy (non-hydrogen) atoms. The van der Waals surface area contributed by atoms with E-state index in [0.717, 1.165) is 12.8 Å². The maximum atomic E-state index is 11.7. The molecule has 0 saturated heterocycles. The van der Waals surface area contributed by atoms with E-state index in [4.69, 9.17) is 5.73 Å². The Morgan fingerprint density at radius 1 is 1.20 bits per heavy atom. The van der Waals surface area contributed by atoms with Gasteiger partial charge in [-0.3, -0.25) is 4.79 Å². The first kappa shape index (κ1) is 12.5. The van der Waals surface area contributed by atoms with Crippen LogP contribution in [0.1, 0.15) is 51.9 Å². The summed E-state index contributed by atoms with van der Waals surface area (Å²) < 4.78 is 0. The van der Waals surface area contributed by atoms with E-state index in [1.165, 1.54) is 32.1 Å². The second-order valence-corrected chi connectivity index (χ2v) is 4.74. The highest BCUT2D eigenvalue weighted by atomic mass is 16.2. The molecule has 0 radical (unpaired) electrons. The second-order valence-electron chi connectivity index (χ2n) is 4.74. The highest BCUT2D eigenvalue weighted by molar-refractivity contribution is 5.81. The second kappa shape index (κ2) is 6.11. The molecule has 0 aromatic rings. The topological polar surface area (TPSA) is 46.3 Å². The van der Waals surface area contributed by atoms with Crippen molar-refractivity contribution in [2.24, 2.45) is 5.73 Å². The molecule has 1 amide bonds. The number of nitrogens with two attached hydrogens (primary N) is 1. The van der Waals surface area contributed by atoms with E-state index in [0.29, 0.717) is 6.04 Å². The monoisotopic (exact) mass is 212 g/mol. The third-order valence-electron chi connectivity index (χ3n) is 3.36. The fraction of sp³-hybridized carbons (Fsp3) is 0.917. The maximum absolute atomic E-state index is 11.7. The van der Waals surface area contributed by atoms with Crippen LogP contribution < -0.4 is 5.73 Å². The molecule has 0 aromatic carbocycles. The summed E-state index contributed by atoms with van der Waals surface area (Å²) in [4.78, 5) is 13.6. The molecule has 0 aromatic heterocycles. The van der Waals surface area contributed by atoms with Gasteiger partial charge in [-0.2, -0.15) is 0 Å². The van der Waals surface area contributed by atoms with Crippen LogP contribution in [-0.2, 0) is 4.79 Å². The molecule has 88 valence electrons. The standard InChI is InChI=1S/C12H24N2O/c1-10(13)12(15)14(2)11-8-6-4-3-5-7-9-11/h10-11H,3-9,13H2,1-2H3. The van der Waals surface area contributed by atoms with Crippen LogP contribution in [0.15, 0.2) is 0 Å². The molecule has 1 unspecified atom stereocenters. The first-order valence-corrected chi connectivity index (χ1v) is 6.15. The van der Waals surface area contributed by atoms with Crippen LogP contribution in [0.2, 0.25) is 0 Å². The highest BCUT2D eigenvalue weighted by Gasteiger charge is 2.22. The molecule has 0 aliphatic heterocycles. The number of hydrogen-bond donors (Lipinski definition) is 1. The van der Waals surface area contributed by atoms with Crippen LogP contribution in [0.5, 0.6) is 0 Å². The quantitative estimate of drug-likeness (QED) is 0.760. The van der Waals surface area contributed by atoms with E-state index >= 15 is 0 Å². The Morgan fingerprint density at radius 3 is 2.13 bits per heavy atom. The van der Waals surface area contributed by atoms with Crippen LogP contribution in [0.4, 0.5) is 0 Å². The molecular weight excluding hydrogens is 188 g/mol. The van der Waals surface area contributed by atoms with E-state index in [2.05, 4.69) is 0 Å². The van der Waals surface area contributed by atoms with Gasteiger partial charge in [-0.25, -0.2) is 0 Å². The largest absolute Gasteiger partial charge is 0.341 e. The summed E-state index contributed by atoms with van der Waals surface area (Å²) in [5.41, 5.74) is 5.62. The summed E-state index contributed by atoms with van der Waals surface area (Å²) in [6.07, 6.45) is 8.79. The van der Waals surface area contributed by atoms with Gasteiger partial charge >= 0.3 is 0 Å². The molecule has 1 aliphatic rings. The Kier molecular flexibility index (Phi) is 5.09. The number of amides is 1. The van der Waals surface area contributed by atoms with Gasteiger partial charge in [-0.15, -0.1) is 0 Å². The van der Waals surface area contributed by atoms with Gasteiger partial charge in [0.15, 0.2) is 0 Å². The Balaban J connectivity index is 2.48. The van der Waals surface area contributed by atoms with E-state index in [1.807, 2.05) is 11.9 Å². The lowest BCUT2D eigenvalue weighted by Crippen LogP contribution is -2.45. The van der Waals surface area contributed by atoms with Crippen LogP contribution in [0.3, 0.4) is 0 Å². The number of nitrogens with zero attached hydrogens (tertiary/aromatic N) is 1. The molecule has 1 fully saturated rings. The first-order chi connectivity index (χ1) is 7.13. The van der Waals surface area contributed by atoms with Gasteiger partial charge in [0.1, 0.15) is 0 Å². The molecule has 2 N–H and O–H groups in total. The van der Waals surface area contributed by atoms with Crippen molar-refractivity contribution in [3.63, 3.8) is 0 Å². The summed E-state index contributed by atoms with van der Waals surface area (Å²) in [7, 11) is 1.90. The summed E-state index contributed by atoms with van der Waals surface area (Å²) in [6.45, 7) is 1.77. The normalized spacial score (nSPS) is 21.5. The maximum Gasteiger partial charge on any atom is 0.239 e. The van der Waals surface area contributed by atoms with Crippen molar-refractivity contribution in [3.05, 3.63) is 0 Å². The summed E-state index contributed by atoms with van der Waals surface area (Å²) >= 11 is 0. The fourth-order valence-corrected chi connectivity index (χ4v) is 2.32. The number of likely N-dealkylation sites (N-methyl/N-ethyl adjacent to an activating group) is 1. The zero-order valence-corrected chi connectivity index (χ0v) is 10.0. The smallest absolute Gasteiger partial charge is 0.239 e. The van der Waals surface area contributed by atoms with E-state index in [1.54, 1.807) is 6.92 Å². The van der Waals surface area contributed by atoms with Gasteiger partial charge in [0, 0.05) is 13.1 Å². The van der Waals surface area contributed by atoms with Crippen LogP contribution >= 0.6 is 0 Å². The number of carbonyl (C=O) groups is 1. The van der Waals surface area contributed by atoms with Gasteiger partial charge in [0.2, 0.25) is 5.91 Å². The Labute approximate surface area is 93.0 Å². The van der Waals surface area contributed by atoms with Crippen molar-refractivity contribution in [1.82, 2.24) is 4.90 Å². The number of carbonyl (C=O) groups excluding carboxylic acids is 1. The summed E-state index contributed by atoms with van der Waals surface area (Å²) in [5.74, 6) is 0.0839. The Morgan fingerprint density at radius 2 is 1.67 bits per heavy atom. The molecule has 1 atom stereocenters. The lowest BCUT2D eigenvalue weighted by Gasteiger charge is -2.30. The molecule has 3 heteroatoms. The van der Waals surface area contributed by atoms with Crippen LogP contribution in [0, 0.1) is 0 Å². The van der Waals surface area contributed by atoms with Gasteiger partial charge in [0.25, 0.3) is 0 Å². The minimum atomic E-state index is -0.361. The lowest BCUT2D eigenvalue weighted by molar-refractivity contribution is -0.133. The van der Waals surface area contributed by atoms with Gasteiger partial charge in [-0.1, -0.05) is 32.1 Å². The third-order valence-corrected chi connectivity index (χ3v) is 3.36. The molecule has 1 saturated carbocycles. The summed E-state index contributed by atoms with van der Waals surface area (Å²) in [5, 5.41) is 0. The molecule has 3 nitrogen and oxygen atoms in total. The average Bonchev–Trinajstić information content (AvgIpc) is 2.15. The number of hydrogen-bond acceptors (Lipinski definition) is 2. The predicted octanol–water partition coefficient (Wildman–Crippen LogP) is 1.90. The SMILES string of the molecule is CC(N)C(=O)N(C)C1CCCCCCC1. The zero-order chi connectivity index (χ0) is 11.3. The molecular formula is C12H24N2O. The van der Waals surface area contributed by atoms with E-state index < -0.39 is 0 Å². The van der Waals surface area contributed by atoms with Crippen molar-refractivity contribution < 1.29 is 4.79 Å². The Hall–Kier alpha value is -0.570. The average molecular weight is 212 g/mol. The molecule has 0 spiro atoms. The van der Waals surface area contributed by atoms with Gasteiger partial charge in [0.05, 0.1) is 6.04 Å². The fourth-order valence-electron chi connectivity index (χ4n) is 2.32. The van der Waals surface area contributed by atoms with Crippen molar-refractivity contribution in [3.8, 4) is 0 Å². The number of rotatable bonds is 2.